The predicted molar refractivity (Wildman–Crippen MR) is 118 cm³/mol. The molecule has 0 bridgehead atoms. The SMILES string of the molecule is CN(C)Cc1cc(NC(=O)CCc2cc(Br)ccc2OCC(F)F)cc(F)c1OCC(F)F. The lowest BCUT2D eigenvalue weighted by atomic mass is 10.1. The maximum Gasteiger partial charge on any atom is 0.272 e. The second kappa shape index (κ2) is 12.7. The van der Waals surface area contributed by atoms with Crippen molar-refractivity contribution in [2.24, 2.45) is 0 Å². The standard InChI is InChI=1S/C22H24BrF5N2O3/c1-30(2)10-14-8-16(9-17(24)22(14)33-12-20(27)28)29-21(31)6-3-13-7-15(23)4-5-18(13)32-11-19(25)26/h4-5,7-9,19-20H,3,6,10-12H2,1-2H3,(H,29,31). The second-order valence-electron chi connectivity index (χ2n) is 7.39. The van der Waals surface area contributed by atoms with Gasteiger partial charge in [0.1, 0.15) is 19.0 Å². The lowest BCUT2D eigenvalue weighted by molar-refractivity contribution is -0.116. The maximum atomic E-state index is 14.5. The smallest absolute Gasteiger partial charge is 0.272 e. The van der Waals surface area contributed by atoms with E-state index in [1.165, 1.54) is 12.1 Å². The van der Waals surface area contributed by atoms with Gasteiger partial charge in [0.05, 0.1) is 0 Å². The molecule has 11 heteroatoms. The number of halogens is 6. The molecule has 2 rings (SSSR count). The minimum Gasteiger partial charge on any atom is -0.487 e. The van der Waals surface area contributed by atoms with Gasteiger partial charge in [-0.1, -0.05) is 15.9 Å². The number of rotatable bonds is 12. The van der Waals surface area contributed by atoms with Gasteiger partial charge in [-0.2, -0.15) is 0 Å². The number of aryl methyl sites for hydroxylation is 1. The van der Waals surface area contributed by atoms with Crippen molar-refractivity contribution in [3.63, 3.8) is 0 Å². The number of carbonyl (C=O) groups excluding carboxylic acids is 1. The number of nitrogens with one attached hydrogen (secondary N) is 1. The Balaban J connectivity index is 2.11. The van der Waals surface area contributed by atoms with Crippen molar-refractivity contribution in [2.45, 2.75) is 32.2 Å². The molecule has 0 radical (unpaired) electrons. The first-order valence-corrected chi connectivity index (χ1v) is 10.7. The normalized spacial score (nSPS) is 11.4. The van der Waals surface area contributed by atoms with Gasteiger partial charge < -0.3 is 19.7 Å². The molecule has 0 aliphatic heterocycles. The summed E-state index contributed by atoms with van der Waals surface area (Å²) in [7, 11) is 3.43. The molecule has 0 atom stereocenters. The summed E-state index contributed by atoms with van der Waals surface area (Å²) in [6, 6.07) is 7.28. The Bertz CT molecular complexity index is 944. The van der Waals surface area contributed by atoms with Crippen LogP contribution in [0.5, 0.6) is 11.5 Å². The fraction of sp³-hybridized carbons (Fsp3) is 0.409. The highest BCUT2D eigenvalue weighted by molar-refractivity contribution is 9.10. The number of anilines is 1. The minimum absolute atomic E-state index is 0.0320. The van der Waals surface area contributed by atoms with Crippen molar-refractivity contribution in [1.82, 2.24) is 4.90 Å². The Hall–Kier alpha value is -2.40. The lowest BCUT2D eigenvalue weighted by Crippen LogP contribution is -2.17. The first-order chi connectivity index (χ1) is 15.5. The summed E-state index contributed by atoms with van der Waals surface area (Å²) >= 11 is 3.29. The van der Waals surface area contributed by atoms with E-state index < -0.39 is 37.8 Å². The minimum atomic E-state index is -2.76. The number of ether oxygens (including phenoxy) is 2. The quantitative estimate of drug-likeness (QED) is 0.362. The Morgan fingerprint density at radius 1 is 1.03 bits per heavy atom. The van der Waals surface area contributed by atoms with Gasteiger partial charge in [0.15, 0.2) is 11.6 Å². The van der Waals surface area contributed by atoms with Gasteiger partial charge in [-0.3, -0.25) is 4.79 Å². The molecular formula is C22H24BrF5N2O3. The van der Waals surface area contributed by atoms with E-state index in [4.69, 9.17) is 9.47 Å². The first-order valence-electron chi connectivity index (χ1n) is 9.92. The Morgan fingerprint density at radius 2 is 1.70 bits per heavy atom. The van der Waals surface area contributed by atoms with E-state index in [1.54, 1.807) is 31.1 Å². The number of hydrogen-bond donors (Lipinski definition) is 1. The summed E-state index contributed by atoms with van der Waals surface area (Å²) in [6.07, 6.45) is -5.24. The zero-order valence-corrected chi connectivity index (χ0v) is 19.6. The summed E-state index contributed by atoms with van der Waals surface area (Å²) in [5.74, 6) is -1.38. The summed E-state index contributed by atoms with van der Waals surface area (Å²) < 4.78 is 75.2. The molecular weight excluding hydrogens is 515 g/mol. The summed E-state index contributed by atoms with van der Waals surface area (Å²) in [5, 5.41) is 2.57. The first kappa shape index (κ1) is 26.8. The van der Waals surface area contributed by atoms with Gasteiger partial charge in [-0.05, 0) is 50.3 Å². The van der Waals surface area contributed by atoms with Crippen molar-refractivity contribution >= 4 is 27.5 Å². The van der Waals surface area contributed by atoms with Crippen LogP contribution < -0.4 is 14.8 Å². The topological polar surface area (TPSA) is 50.8 Å². The van der Waals surface area contributed by atoms with Crippen LogP contribution in [0, 0.1) is 5.82 Å². The molecule has 0 unspecified atom stereocenters. The number of alkyl halides is 4. The van der Waals surface area contributed by atoms with Crippen molar-refractivity contribution in [2.75, 3.05) is 32.6 Å². The number of benzene rings is 2. The van der Waals surface area contributed by atoms with E-state index in [2.05, 4.69) is 21.2 Å². The molecule has 2 aromatic rings. The van der Waals surface area contributed by atoms with Crippen LogP contribution in [-0.4, -0.2) is 51.0 Å². The van der Waals surface area contributed by atoms with Gasteiger partial charge in [-0.15, -0.1) is 0 Å². The van der Waals surface area contributed by atoms with Gasteiger partial charge in [-0.25, -0.2) is 22.0 Å². The Morgan fingerprint density at radius 3 is 2.33 bits per heavy atom. The van der Waals surface area contributed by atoms with E-state index in [0.717, 1.165) is 6.07 Å². The highest BCUT2D eigenvalue weighted by Crippen LogP contribution is 2.29. The number of hydrogen-bond acceptors (Lipinski definition) is 4. The van der Waals surface area contributed by atoms with Gasteiger partial charge in [0, 0.05) is 34.8 Å². The molecule has 1 amide bonds. The molecule has 182 valence electrons. The molecule has 0 spiro atoms. The molecule has 0 saturated heterocycles. The summed E-state index contributed by atoms with van der Waals surface area (Å²) in [5.41, 5.74) is 0.989. The third-order valence-corrected chi connectivity index (χ3v) is 4.75. The molecule has 0 aromatic heterocycles. The fourth-order valence-corrected chi connectivity index (χ4v) is 3.41. The van der Waals surface area contributed by atoms with Crippen molar-refractivity contribution in [3.05, 3.63) is 51.7 Å². The Labute approximate surface area is 197 Å². The molecule has 2 aromatic carbocycles. The Kier molecular flexibility index (Phi) is 10.4. The average molecular weight is 539 g/mol. The molecule has 0 saturated carbocycles. The van der Waals surface area contributed by atoms with Crippen LogP contribution >= 0.6 is 15.9 Å². The molecule has 1 N–H and O–H groups in total. The predicted octanol–water partition coefficient (Wildman–Crippen LogP) is 5.51. The van der Waals surface area contributed by atoms with Crippen molar-refractivity contribution in [3.8, 4) is 11.5 Å². The third-order valence-electron chi connectivity index (χ3n) is 4.25. The molecule has 0 fully saturated rings. The average Bonchev–Trinajstić information content (AvgIpc) is 2.70. The highest BCUT2D eigenvalue weighted by Gasteiger charge is 2.17. The molecule has 0 aliphatic carbocycles. The van der Waals surface area contributed by atoms with Crippen molar-refractivity contribution < 1.29 is 36.2 Å². The number of nitrogens with zero attached hydrogens (tertiary/aromatic N) is 1. The van der Waals surface area contributed by atoms with Crippen molar-refractivity contribution in [1.29, 1.82) is 0 Å². The van der Waals surface area contributed by atoms with Crippen LogP contribution in [0.2, 0.25) is 0 Å². The molecule has 5 nitrogen and oxygen atoms in total. The molecule has 0 heterocycles. The van der Waals surface area contributed by atoms with E-state index in [1.807, 2.05) is 0 Å². The van der Waals surface area contributed by atoms with Crippen LogP contribution in [-0.2, 0) is 17.8 Å². The monoisotopic (exact) mass is 538 g/mol. The van der Waals surface area contributed by atoms with E-state index in [0.29, 0.717) is 15.6 Å². The van der Waals surface area contributed by atoms with Gasteiger partial charge >= 0.3 is 0 Å². The molecule has 0 aliphatic rings. The van der Waals surface area contributed by atoms with Crippen LogP contribution in [0.3, 0.4) is 0 Å². The van der Waals surface area contributed by atoms with E-state index in [-0.39, 0.29) is 36.6 Å². The number of carbonyl (C=O) groups is 1. The van der Waals surface area contributed by atoms with Crippen LogP contribution in [0.25, 0.3) is 0 Å². The van der Waals surface area contributed by atoms with Crippen LogP contribution in [0.4, 0.5) is 27.6 Å². The van der Waals surface area contributed by atoms with Gasteiger partial charge in [0.25, 0.3) is 12.9 Å². The zero-order chi connectivity index (χ0) is 24.5. The van der Waals surface area contributed by atoms with Crippen LogP contribution in [0.1, 0.15) is 17.5 Å². The maximum absolute atomic E-state index is 14.5. The van der Waals surface area contributed by atoms with E-state index in [9.17, 15) is 26.7 Å². The van der Waals surface area contributed by atoms with Gasteiger partial charge in [0.2, 0.25) is 5.91 Å². The summed E-state index contributed by atoms with van der Waals surface area (Å²) in [4.78, 5) is 14.1. The van der Waals surface area contributed by atoms with Crippen LogP contribution in [0.15, 0.2) is 34.8 Å². The third kappa shape index (κ3) is 9.17. The lowest BCUT2D eigenvalue weighted by Gasteiger charge is -2.17. The highest BCUT2D eigenvalue weighted by atomic mass is 79.9. The number of amides is 1. The largest absolute Gasteiger partial charge is 0.487 e. The zero-order valence-electron chi connectivity index (χ0n) is 18.0. The fourth-order valence-electron chi connectivity index (χ4n) is 3.00. The second-order valence-corrected chi connectivity index (χ2v) is 8.30. The van der Waals surface area contributed by atoms with E-state index >= 15 is 0 Å². The summed E-state index contributed by atoms with van der Waals surface area (Å²) in [6.45, 7) is -1.53. The molecule has 33 heavy (non-hydrogen) atoms.